The molecule has 1 aliphatic rings. The number of anilines is 1. The molecule has 1 amide bonds. The maximum Gasteiger partial charge on any atom is 0.271 e. The molecule has 0 unspecified atom stereocenters. The lowest BCUT2D eigenvalue weighted by Crippen LogP contribution is -2.48. The second kappa shape index (κ2) is 9.35. The minimum Gasteiger partial charge on any atom is -0.368 e. The van der Waals surface area contributed by atoms with E-state index in [-0.39, 0.29) is 16.5 Å². The summed E-state index contributed by atoms with van der Waals surface area (Å²) < 4.78 is 2.13. The minimum atomic E-state index is -0.383. The van der Waals surface area contributed by atoms with E-state index in [1.165, 1.54) is 6.07 Å². The van der Waals surface area contributed by atoms with E-state index in [9.17, 15) is 14.9 Å². The van der Waals surface area contributed by atoms with Crippen molar-refractivity contribution < 1.29 is 9.72 Å². The van der Waals surface area contributed by atoms with Gasteiger partial charge in [-0.2, -0.15) is 0 Å². The highest BCUT2D eigenvalue weighted by atomic mass is 16.6. The van der Waals surface area contributed by atoms with E-state index < -0.39 is 0 Å². The molecule has 34 heavy (non-hydrogen) atoms. The van der Waals surface area contributed by atoms with Gasteiger partial charge in [-0.1, -0.05) is 36.4 Å². The number of non-ortho nitro benzene ring substituents is 1. The number of rotatable bonds is 6. The molecule has 0 spiro atoms. The van der Waals surface area contributed by atoms with Gasteiger partial charge in [-0.15, -0.1) is 0 Å². The topological polar surface area (TPSA) is 84.5 Å². The van der Waals surface area contributed by atoms with Crippen molar-refractivity contribution in [1.29, 1.82) is 0 Å². The lowest BCUT2D eigenvalue weighted by Gasteiger charge is -2.36. The Morgan fingerprint density at radius 3 is 2.35 bits per heavy atom. The van der Waals surface area contributed by atoms with Crippen LogP contribution < -0.4 is 4.90 Å². The number of nitro groups is 1. The summed E-state index contributed by atoms with van der Waals surface area (Å²) in [6, 6.07) is 24.7. The molecule has 0 radical (unpaired) electrons. The first-order chi connectivity index (χ1) is 16.6. The van der Waals surface area contributed by atoms with Crippen LogP contribution in [0.2, 0.25) is 0 Å². The fourth-order valence-corrected chi connectivity index (χ4v) is 4.50. The molecule has 5 rings (SSSR count). The van der Waals surface area contributed by atoms with Gasteiger partial charge in [-0.05, 0) is 30.3 Å². The Bertz CT molecular complexity index is 1330. The number of carbonyl (C=O) groups is 1. The van der Waals surface area contributed by atoms with E-state index in [1.807, 2.05) is 65.6 Å². The average molecular weight is 456 g/mol. The van der Waals surface area contributed by atoms with Gasteiger partial charge in [0.1, 0.15) is 5.82 Å². The Morgan fingerprint density at radius 1 is 0.882 bits per heavy atom. The third kappa shape index (κ3) is 4.34. The highest BCUT2D eigenvalue weighted by molar-refractivity contribution is 5.79. The summed E-state index contributed by atoms with van der Waals surface area (Å²) in [6.45, 7) is 2.48. The van der Waals surface area contributed by atoms with Crippen LogP contribution in [0.15, 0.2) is 78.9 Å². The number of nitrogens with zero attached hydrogens (tertiary/aromatic N) is 5. The number of fused-ring (bicyclic) bond motifs is 1. The summed E-state index contributed by atoms with van der Waals surface area (Å²) >= 11 is 0. The van der Waals surface area contributed by atoms with Crippen molar-refractivity contribution in [1.82, 2.24) is 14.5 Å². The normalized spacial score (nSPS) is 13.9. The molecular weight excluding hydrogens is 430 g/mol. The van der Waals surface area contributed by atoms with E-state index in [2.05, 4.69) is 9.47 Å². The largest absolute Gasteiger partial charge is 0.368 e. The summed E-state index contributed by atoms with van der Waals surface area (Å²) in [7, 11) is 0. The fourth-order valence-electron chi connectivity index (χ4n) is 4.50. The molecule has 4 aromatic rings. The quantitative estimate of drug-likeness (QED) is 0.321. The van der Waals surface area contributed by atoms with Crippen LogP contribution in [0, 0.1) is 10.1 Å². The van der Waals surface area contributed by atoms with E-state index in [0.717, 1.165) is 28.2 Å². The van der Waals surface area contributed by atoms with Crippen molar-refractivity contribution >= 4 is 28.3 Å². The number of imidazole rings is 1. The fraction of sp³-hybridized carbons (Fsp3) is 0.231. The smallest absolute Gasteiger partial charge is 0.271 e. The van der Waals surface area contributed by atoms with Crippen LogP contribution >= 0.6 is 0 Å². The zero-order valence-corrected chi connectivity index (χ0v) is 18.7. The Balaban J connectivity index is 1.25. The number of nitro benzene ring substituents is 1. The van der Waals surface area contributed by atoms with Crippen LogP contribution in [0.4, 0.5) is 11.4 Å². The van der Waals surface area contributed by atoms with Gasteiger partial charge in [0.05, 0.1) is 16.0 Å². The number of amides is 1. The second-order valence-electron chi connectivity index (χ2n) is 8.33. The number of aromatic nitrogens is 2. The monoisotopic (exact) mass is 455 g/mol. The Labute approximate surface area is 197 Å². The number of piperazine rings is 1. The van der Waals surface area contributed by atoms with Crippen LogP contribution in [-0.2, 0) is 11.2 Å². The Kier molecular flexibility index (Phi) is 5.95. The third-order valence-corrected chi connectivity index (χ3v) is 6.25. The van der Waals surface area contributed by atoms with E-state index in [1.54, 1.807) is 12.1 Å². The first-order valence-corrected chi connectivity index (χ1v) is 11.4. The predicted octanol–water partition coefficient (Wildman–Crippen LogP) is 4.22. The molecule has 2 heterocycles. The molecular formula is C26H25N5O3. The SMILES string of the molecule is O=C(CCc1nc2ccccc2n1-c1ccccc1)N1CCN(c2cccc([N+](=O)[O-])c2)CC1. The Morgan fingerprint density at radius 2 is 1.59 bits per heavy atom. The molecule has 8 nitrogen and oxygen atoms in total. The van der Waals surface area contributed by atoms with Crippen LogP contribution in [0.3, 0.4) is 0 Å². The van der Waals surface area contributed by atoms with Crippen LogP contribution in [-0.4, -0.2) is 51.5 Å². The second-order valence-corrected chi connectivity index (χ2v) is 8.33. The minimum absolute atomic E-state index is 0.0808. The molecule has 0 N–H and O–H groups in total. The molecule has 172 valence electrons. The van der Waals surface area contributed by atoms with Gasteiger partial charge in [0.2, 0.25) is 5.91 Å². The molecule has 1 saturated heterocycles. The maximum absolute atomic E-state index is 13.0. The maximum atomic E-state index is 13.0. The van der Waals surface area contributed by atoms with Crippen LogP contribution in [0.5, 0.6) is 0 Å². The zero-order chi connectivity index (χ0) is 23.5. The summed E-state index contributed by atoms with van der Waals surface area (Å²) in [5.41, 5.74) is 3.88. The summed E-state index contributed by atoms with van der Waals surface area (Å²) in [5.74, 6) is 0.973. The summed E-state index contributed by atoms with van der Waals surface area (Å²) in [4.78, 5) is 32.5. The number of benzene rings is 3. The molecule has 0 bridgehead atoms. The number of hydrogen-bond donors (Lipinski definition) is 0. The van der Waals surface area contributed by atoms with Gasteiger partial charge in [0.25, 0.3) is 5.69 Å². The van der Waals surface area contributed by atoms with E-state index >= 15 is 0 Å². The standard InChI is InChI=1S/C26H25N5O3/c32-26(29-17-15-28(16-18-29)21-9-6-10-22(19-21)31(33)34)14-13-25-27-23-11-4-5-12-24(23)30(25)20-7-2-1-3-8-20/h1-12,19H,13-18H2. The molecule has 8 heteroatoms. The highest BCUT2D eigenvalue weighted by Crippen LogP contribution is 2.24. The van der Waals surface area contributed by atoms with E-state index in [4.69, 9.17) is 4.98 Å². The van der Waals surface area contributed by atoms with Crippen LogP contribution in [0.25, 0.3) is 16.7 Å². The summed E-state index contributed by atoms with van der Waals surface area (Å²) in [5, 5.41) is 11.1. The van der Waals surface area contributed by atoms with Crippen molar-refractivity contribution in [3.05, 3.63) is 94.8 Å². The lowest BCUT2D eigenvalue weighted by molar-refractivity contribution is -0.384. The molecule has 1 aromatic heterocycles. The Hall–Kier alpha value is -4.20. The first-order valence-electron chi connectivity index (χ1n) is 11.4. The van der Waals surface area contributed by atoms with Crippen molar-refractivity contribution in [2.45, 2.75) is 12.8 Å². The number of para-hydroxylation sites is 3. The van der Waals surface area contributed by atoms with Gasteiger partial charge in [0.15, 0.2) is 0 Å². The highest BCUT2D eigenvalue weighted by Gasteiger charge is 2.23. The van der Waals surface area contributed by atoms with Gasteiger partial charge < -0.3 is 9.80 Å². The van der Waals surface area contributed by atoms with Crippen molar-refractivity contribution in [3.63, 3.8) is 0 Å². The van der Waals surface area contributed by atoms with Crippen LogP contribution in [0.1, 0.15) is 12.2 Å². The van der Waals surface area contributed by atoms with Crippen molar-refractivity contribution in [2.24, 2.45) is 0 Å². The number of aryl methyl sites for hydroxylation is 1. The first kappa shape index (κ1) is 21.6. The molecule has 0 saturated carbocycles. The molecule has 0 atom stereocenters. The predicted molar refractivity (Wildman–Crippen MR) is 131 cm³/mol. The molecule has 0 aliphatic carbocycles. The molecule has 3 aromatic carbocycles. The van der Waals surface area contributed by atoms with Crippen molar-refractivity contribution in [2.75, 3.05) is 31.1 Å². The number of carbonyl (C=O) groups excluding carboxylic acids is 1. The van der Waals surface area contributed by atoms with Gasteiger partial charge in [0, 0.05) is 62.5 Å². The summed E-state index contributed by atoms with van der Waals surface area (Å²) in [6.07, 6.45) is 0.931. The zero-order valence-electron chi connectivity index (χ0n) is 18.7. The molecule has 1 fully saturated rings. The molecule has 1 aliphatic heterocycles. The average Bonchev–Trinajstić information content (AvgIpc) is 3.26. The third-order valence-electron chi connectivity index (χ3n) is 6.25. The van der Waals surface area contributed by atoms with Gasteiger partial charge in [-0.3, -0.25) is 19.5 Å². The van der Waals surface area contributed by atoms with Crippen molar-refractivity contribution in [3.8, 4) is 5.69 Å². The number of hydrogen-bond acceptors (Lipinski definition) is 5. The van der Waals surface area contributed by atoms with Gasteiger partial charge in [-0.25, -0.2) is 4.98 Å². The lowest BCUT2D eigenvalue weighted by atomic mass is 10.2. The van der Waals surface area contributed by atoms with Gasteiger partial charge >= 0.3 is 0 Å². The van der Waals surface area contributed by atoms with E-state index in [0.29, 0.717) is 39.0 Å².